The first kappa shape index (κ1) is 32.1. The number of aromatic nitrogens is 1. The molecule has 2 N–H and O–H groups in total. The summed E-state index contributed by atoms with van der Waals surface area (Å²) in [6, 6.07) is 25.2. The van der Waals surface area contributed by atoms with E-state index in [9.17, 15) is 32.3 Å². The van der Waals surface area contributed by atoms with Crippen LogP contribution in [-0.4, -0.2) is 34.6 Å². The van der Waals surface area contributed by atoms with Crippen LogP contribution in [0.3, 0.4) is 0 Å². The summed E-state index contributed by atoms with van der Waals surface area (Å²) in [5, 5.41) is 5.52. The van der Waals surface area contributed by atoms with Crippen molar-refractivity contribution < 1.29 is 32.3 Å². The number of halogens is 3. The number of anilines is 2. The number of alkyl halides is 3. The van der Waals surface area contributed by atoms with Gasteiger partial charge in [-0.05, 0) is 71.5 Å². The highest BCUT2D eigenvalue weighted by atomic mass is 32.2. The summed E-state index contributed by atoms with van der Waals surface area (Å²) >= 11 is 2.67. The van der Waals surface area contributed by atoms with E-state index in [1.54, 1.807) is 12.1 Å². The van der Waals surface area contributed by atoms with Crippen LogP contribution in [0.2, 0.25) is 0 Å². The van der Waals surface area contributed by atoms with Crippen molar-refractivity contribution in [1.29, 1.82) is 0 Å². The van der Waals surface area contributed by atoms with Crippen molar-refractivity contribution in [3.05, 3.63) is 117 Å². The molecule has 3 fully saturated rings. The van der Waals surface area contributed by atoms with Crippen LogP contribution in [0, 0.1) is 29.6 Å². The number of hydrogen-bond acceptors (Lipinski definition) is 7. The molecular formula is C38H28F3N3O5S2. The molecule has 258 valence electrons. The summed E-state index contributed by atoms with van der Waals surface area (Å²) in [6.45, 7) is -0.206. The SMILES string of the molecule is O=C(COc1ccc([C@H]2c3sc(=O)[nH]c3SC3C4CC(C5C(=O)N(c6cccc(C(F)(F)F)c6)C(=O)C45)C32)cc1)Nc1cccc2ccccc12. The van der Waals surface area contributed by atoms with E-state index in [0.717, 1.165) is 54.6 Å². The molecule has 0 radical (unpaired) electrons. The number of carbonyl (C=O) groups is 3. The second kappa shape index (κ2) is 11.8. The minimum absolute atomic E-state index is 0.0642. The van der Waals surface area contributed by atoms with Crippen LogP contribution in [0.25, 0.3) is 10.8 Å². The Morgan fingerprint density at radius 3 is 2.41 bits per heavy atom. The van der Waals surface area contributed by atoms with Gasteiger partial charge in [0.15, 0.2) is 6.61 Å². The first-order valence-corrected chi connectivity index (χ1v) is 18.2. The number of carbonyl (C=O) groups excluding carboxylic acids is 3. The number of nitrogens with zero attached hydrogens (tertiary/aromatic N) is 1. The van der Waals surface area contributed by atoms with Crippen molar-refractivity contribution >= 4 is 63.0 Å². The number of benzene rings is 4. The molecule has 2 aliphatic carbocycles. The molecule has 0 spiro atoms. The van der Waals surface area contributed by atoms with E-state index < -0.39 is 35.4 Å². The Morgan fingerprint density at radius 1 is 0.902 bits per heavy atom. The molecule has 6 unspecified atom stereocenters. The molecule has 2 saturated carbocycles. The fourth-order valence-electron chi connectivity index (χ4n) is 8.91. The maximum Gasteiger partial charge on any atom is 0.416 e. The summed E-state index contributed by atoms with van der Waals surface area (Å²) in [5.41, 5.74) is 0.614. The highest BCUT2D eigenvalue weighted by Gasteiger charge is 2.69. The van der Waals surface area contributed by atoms with Crippen LogP contribution in [-0.2, 0) is 20.6 Å². The van der Waals surface area contributed by atoms with Gasteiger partial charge in [-0.2, -0.15) is 13.2 Å². The molecule has 1 aromatic heterocycles. The summed E-state index contributed by atoms with van der Waals surface area (Å²) in [6.07, 6.45) is -3.97. The number of hydrogen-bond donors (Lipinski definition) is 2. The first-order valence-electron chi connectivity index (χ1n) is 16.5. The lowest BCUT2D eigenvalue weighted by Gasteiger charge is -2.43. The third-order valence-corrected chi connectivity index (χ3v) is 13.4. The normalized spacial score (nSPS) is 26.3. The minimum Gasteiger partial charge on any atom is -0.484 e. The van der Waals surface area contributed by atoms with Crippen LogP contribution >= 0.6 is 23.1 Å². The van der Waals surface area contributed by atoms with Gasteiger partial charge in [0, 0.05) is 27.1 Å². The Kier molecular flexibility index (Phi) is 7.44. The molecule has 1 saturated heterocycles. The van der Waals surface area contributed by atoms with Crippen molar-refractivity contribution in [2.45, 2.75) is 28.8 Å². The zero-order valence-electron chi connectivity index (χ0n) is 26.6. The van der Waals surface area contributed by atoms with E-state index in [-0.39, 0.29) is 52.0 Å². The van der Waals surface area contributed by atoms with E-state index in [2.05, 4.69) is 10.3 Å². The number of fused-ring (bicyclic) bond motifs is 10. The fraction of sp³-hybridized carbons (Fsp3) is 0.263. The quantitative estimate of drug-likeness (QED) is 0.178. The predicted octanol–water partition coefficient (Wildman–Crippen LogP) is 7.30. The number of rotatable bonds is 6. The van der Waals surface area contributed by atoms with Gasteiger partial charge in [-0.25, -0.2) is 0 Å². The summed E-state index contributed by atoms with van der Waals surface area (Å²) in [4.78, 5) is 57.9. The number of imide groups is 1. The third-order valence-electron chi connectivity index (χ3n) is 10.8. The van der Waals surface area contributed by atoms with Crippen molar-refractivity contribution in [3.63, 3.8) is 0 Å². The maximum atomic E-state index is 14.0. The second-order valence-corrected chi connectivity index (χ2v) is 15.7. The van der Waals surface area contributed by atoms with Gasteiger partial charge in [0.05, 0.1) is 28.1 Å². The molecule has 9 rings (SSSR count). The number of H-pyrrole nitrogens is 1. The number of ether oxygens (including phenoxy) is 1. The molecule has 13 heteroatoms. The lowest BCUT2D eigenvalue weighted by atomic mass is 9.68. The zero-order valence-corrected chi connectivity index (χ0v) is 28.2. The average Bonchev–Trinajstić information content (AvgIpc) is 3.86. The van der Waals surface area contributed by atoms with Gasteiger partial charge in [-0.15, -0.1) is 11.8 Å². The van der Waals surface area contributed by atoms with Crippen LogP contribution in [0.1, 0.15) is 28.3 Å². The highest BCUT2D eigenvalue weighted by Crippen LogP contribution is 2.68. The van der Waals surface area contributed by atoms with E-state index >= 15 is 0 Å². The molecule has 2 bridgehead atoms. The first-order chi connectivity index (χ1) is 24.6. The molecule has 3 amide bonds. The number of aromatic amines is 1. The van der Waals surface area contributed by atoms with Gasteiger partial charge in [0.1, 0.15) is 5.75 Å². The van der Waals surface area contributed by atoms with Crippen molar-refractivity contribution in [2.75, 3.05) is 16.8 Å². The van der Waals surface area contributed by atoms with Crippen molar-refractivity contribution in [3.8, 4) is 5.75 Å². The van der Waals surface area contributed by atoms with Crippen LogP contribution in [0.5, 0.6) is 5.75 Å². The Hall–Kier alpha value is -4.88. The number of thiazole rings is 1. The summed E-state index contributed by atoms with van der Waals surface area (Å²) in [7, 11) is 0. The highest BCUT2D eigenvalue weighted by molar-refractivity contribution is 8.00. The molecule has 3 heterocycles. The van der Waals surface area contributed by atoms with Crippen LogP contribution in [0.4, 0.5) is 24.5 Å². The molecule has 7 atom stereocenters. The van der Waals surface area contributed by atoms with Gasteiger partial charge in [-0.3, -0.25) is 24.1 Å². The molecule has 8 nitrogen and oxygen atoms in total. The number of amides is 3. The Morgan fingerprint density at radius 2 is 1.63 bits per heavy atom. The molecule has 5 aromatic rings. The van der Waals surface area contributed by atoms with Gasteiger partial charge in [0.2, 0.25) is 11.8 Å². The summed E-state index contributed by atoms with van der Waals surface area (Å²) in [5.74, 6) is -2.74. The molecular weight excluding hydrogens is 700 g/mol. The van der Waals surface area contributed by atoms with Gasteiger partial charge >= 0.3 is 11.0 Å². The summed E-state index contributed by atoms with van der Waals surface area (Å²) < 4.78 is 46.5. The smallest absolute Gasteiger partial charge is 0.416 e. The Labute approximate surface area is 297 Å². The molecule has 4 aliphatic rings. The van der Waals surface area contributed by atoms with Gasteiger partial charge < -0.3 is 15.0 Å². The van der Waals surface area contributed by atoms with Gasteiger partial charge in [0.25, 0.3) is 5.91 Å². The maximum absolute atomic E-state index is 14.0. The van der Waals surface area contributed by atoms with E-state index in [0.29, 0.717) is 17.9 Å². The predicted molar refractivity (Wildman–Crippen MR) is 187 cm³/mol. The molecule has 4 aromatic carbocycles. The van der Waals surface area contributed by atoms with Crippen molar-refractivity contribution in [1.82, 2.24) is 4.98 Å². The average molecular weight is 728 g/mol. The Balaban J connectivity index is 0.968. The van der Waals surface area contributed by atoms with E-state index in [1.807, 2.05) is 54.6 Å². The lowest BCUT2D eigenvalue weighted by Crippen LogP contribution is -2.42. The molecule has 51 heavy (non-hydrogen) atoms. The largest absolute Gasteiger partial charge is 0.484 e. The zero-order chi connectivity index (χ0) is 35.2. The molecule has 2 aliphatic heterocycles. The Bertz CT molecular complexity index is 2300. The van der Waals surface area contributed by atoms with Crippen LogP contribution < -0.4 is 19.8 Å². The van der Waals surface area contributed by atoms with Crippen LogP contribution in [0.15, 0.2) is 101 Å². The number of thioether (sulfide) groups is 1. The standard InChI is InChI=1S/C38H28F3N3O5S2/c39-38(40,41)20-7-4-8-21(15-20)44-35(46)30-24-16-25(31(30)36(44)47)32-29(24)28(33-34(50-32)43-37(48)51-33)19-11-13-22(14-12-19)49-17-27(45)42-26-10-3-6-18-5-1-2-9-23(18)26/h1-15,24-25,28-32H,16-17H2,(H,42,45)(H,43,48)/t24?,25?,28-,29?,30?,31?,32?/m1/s1. The minimum atomic E-state index is -4.62. The third kappa shape index (κ3) is 5.19. The van der Waals surface area contributed by atoms with Gasteiger partial charge in [-0.1, -0.05) is 65.9 Å². The van der Waals surface area contributed by atoms with Crippen molar-refractivity contribution in [2.24, 2.45) is 29.6 Å². The van der Waals surface area contributed by atoms with E-state index in [1.165, 1.54) is 23.9 Å². The topological polar surface area (TPSA) is 109 Å². The van der Waals surface area contributed by atoms with E-state index in [4.69, 9.17) is 4.74 Å². The number of nitrogens with one attached hydrogen (secondary N) is 2. The second-order valence-electron chi connectivity index (χ2n) is 13.5. The fourth-order valence-corrected chi connectivity index (χ4v) is 11.8. The monoisotopic (exact) mass is 727 g/mol. The lowest BCUT2D eigenvalue weighted by molar-refractivity contribution is -0.137.